The number of ether oxygens (including phenoxy) is 2. The van der Waals surface area contributed by atoms with Crippen LogP contribution in [0.15, 0.2) is 36.4 Å². The van der Waals surface area contributed by atoms with Crippen LogP contribution in [-0.2, 0) is 19.5 Å². The molecule has 0 spiro atoms. The normalized spacial score (nSPS) is 16.5. The Kier molecular flexibility index (Phi) is 8.60. The van der Waals surface area contributed by atoms with E-state index in [0.717, 1.165) is 11.1 Å². The Hall–Kier alpha value is -2.73. The van der Waals surface area contributed by atoms with Gasteiger partial charge < -0.3 is 14.4 Å². The number of halogens is 2. The number of amides is 2. The first kappa shape index (κ1) is 27.9. The van der Waals surface area contributed by atoms with Crippen LogP contribution in [0.4, 0.5) is 9.18 Å². The molecule has 2 N–H and O–H groups in total. The minimum atomic E-state index is -4.10. The van der Waals surface area contributed by atoms with Crippen LogP contribution in [0.5, 0.6) is 0 Å². The summed E-state index contributed by atoms with van der Waals surface area (Å²) in [6.45, 7) is 7.45. The van der Waals surface area contributed by atoms with Gasteiger partial charge in [0.15, 0.2) is 5.82 Å². The molecule has 3 rings (SSSR count). The van der Waals surface area contributed by atoms with E-state index in [-0.39, 0.29) is 24.7 Å². The number of morpholine rings is 1. The van der Waals surface area contributed by atoms with Gasteiger partial charge >= 0.3 is 6.09 Å². The zero-order chi connectivity index (χ0) is 26.7. The zero-order valence-corrected chi connectivity index (χ0v) is 22.0. The van der Waals surface area contributed by atoms with Crippen LogP contribution < -0.4 is 10.3 Å². The number of carbonyl (C=O) groups excluding carboxylic acids is 2. The van der Waals surface area contributed by atoms with Gasteiger partial charge in [-0.3, -0.25) is 10.2 Å². The van der Waals surface area contributed by atoms with Gasteiger partial charge in [0.1, 0.15) is 5.60 Å². The van der Waals surface area contributed by atoms with E-state index in [1.54, 1.807) is 26.8 Å². The molecular formula is C24H29ClFN3O6S. The van der Waals surface area contributed by atoms with Crippen molar-refractivity contribution in [3.05, 3.63) is 58.4 Å². The Morgan fingerprint density at radius 2 is 1.94 bits per heavy atom. The summed E-state index contributed by atoms with van der Waals surface area (Å²) in [6.07, 6.45) is -1.42. The van der Waals surface area contributed by atoms with Crippen molar-refractivity contribution < 1.29 is 31.9 Å². The molecule has 196 valence electrons. The topological polar surface area (TPSA) is 114 Å². The summed E-state index contributed by atoms with van der Waals surface area (Å²) in [5, 5.41) is -0.278. The van der Waals surface area contributed by atoms with Crippen LogP contribution in [-0.4, -0.2) is 62.5 Å². The van der Waals surface area contributed by atoms with Crippen molar-refractivity contribution in [2.24, 2.45) is 0 Å². The molecule has 1 aliphatic heterocycles. The Labute approximate surface area is 214 Å². The fourth-order valence-corrected chi connectivity index (χ4v) is 4.78. The third-order valence-corrected chi connectivity index (χ3v) is 6.64. The Bertz CT molecular complexity index is 1250. The van der Waals surface area contributed by atoms with Gasteiger partial charge in [0.2, 0.25) is 10.0 Å². The van der Waals surface area contributed by atoms with Gasteiger partial charge in [-0.15, -0.1) is 4.83 Å². The second kappa shape index (κ2) is 11.1. The van der Waals surface area contributed by atoms with E-state index in [1.165, 1.54) is 17.0 Å². The lowest BCUT2D eigenvalue weighted by Crippen LogP contribution is -2.51. The highest BCUT2D eigenvalue weighted by Crippen LogP contribution is 2.28. The summed E-state index contributed by atoms with van der Waals surface area (Å²) in [4.78, 5) is 28.2. The zero-order valence-electron chi connectivity index (χ0n) is 20.4. The molecule has 1 saturated heterocycles. The highest BCUT2D eigenvalue weighted by Gasteiger charge is 2.31. The van der Waals surface area contributed by atoms with Crippen molar-refractivity contribution in [2.75, 3.05) is 25.4 Å². The molecule has 36 heavy (non-hydrogen) atoms. The summed E-state index contributed by atoms with van der Waals surface area (Å²) in [7, 11) is -4.10. The van der Waals surface area contributed by atoms with Crippen molar-refractivity contribution in [1.29, 1.82) is 0 Å². The summed E-state index contributed by atoms with van der Waals surface area (Å²) in [5.74, 6) is -2.54. The lowest BCUT2D eigenvalue weighted by atomic mass is 10.0. The lowest BCUT2D eigenvalue weighted by Gasteiger charge is -2.34. The monoisotopic (exact) mass is 541 g/mol. The average molecular weight is 542 g/mol. The number of nitrogens with zero attached hydrogens (tertiary/aromatic N) is 1. The molecule has 1 unspecified atom stereocenters. The number of hydrogen-bond donors (Lipinski definition) is 2. The second-order valence-electron chi connectivity index (χ2n) is 9.45. The first-order valence-electron chi connectivity index (χ1n) is 11.2. The van der Waals surface area contributed by atoms with Gasteiger partial charge in [-0.1, -0.05) is 41.4 Å². The minimum absolute atomic E-state index is 0.00740. The summed E-state index contributed by atoms with van der Waals surface area (Å²) < 4.78 is 50.5. The smallest absolute Gasteiger partial charge is 0.410 e. The van der Waals surface area contributed by atoms with Crippen molar-refractivity contribution in [1.82, 2.24) is 15.2 Å². The SMILES string of the molecule is Cc1cccc(-c2cc(Cl)c(F)c(C(=O)NNS(=O)(=O)CC3CN(C(=O)OC(C)(C)C)CCO3)c2)c1. The maximum atomic E-state index is 14.6. The van der Waals surface area contributed by atoms with Crippen LogP contribution in [0.1, 0.15) is 36.7 Å². The van der Waals surface area contributed by atoms with Crippen LogP contribution in [0.2, 0.25) is 5.02 Å². The third kappa shape index (κ3) is 7.63. The minimum Gasteiger partial charge on any atom is -0.444 e. The van der Waals surface area contributed by atoms with Crippen molar-refractivity contribution in [3.63, 3.8) is 0 Å². The number of hydrogen-bond acceptors (Lipinski definition) is 6. The molecular weight excluding hydrogens is 513 g/mol. The molecule has 1 fully saturated rings. The van der Waals surface area contributed by atoms with Crippen LogP contribution >= 0.6 is 11.6 Å². The first-order chi connectivity index (χ1) is 16.7. The van der Waals surface area contributed by atoms with Gasteiger partial charge in [0.05, 0.1) is 35.6 Å². The molecule has 1 atom stereocenters. The highest BCUT2D eigenvalue weighted by molar-refractivity contribution is 7.89. The molecule has 0 bridgehead atoms. The second-order valence-corrected chi connectivity index (χ2v) is 11.6. The highest BCUT2D eigenvalue weighted by atomic mass is 35.5. The van der Waals surface area contributed by atoms with E-state index in [4.69, 9.17) is 21.1 Å². The van der Waals surface area contributed by atoms with Crippen molar-refractivity contribution >= 4 is 33.6 Å². The molecule has 0 saturated carbocycles. The number of carbonyl (C=O) groups is 2. The van der Waals surface area contributed by atoms with Gasteiger partial charge in [0.25, 0.3) is 5.91 Å². The number of benzene rings is 2. The number of nitrogens with one attached hydrogen (secondary N) is 2. The van der Waals surface area contributed by atoms with E-state index in [9.17, 15) is 22.4 Å². The predicted molar refractivity (Wildman–Crippen MR) is 134 cm³/mol. The standard InChI is InChI=1S/C24H29ClFN3O6S/c1-15-6-5-7-16(10-15)17-11-19(21(26)20(25)12-17)22(30)27-28-36(32,33)14-18-13-29(8-9-34-18)23(31)35-24(2,3)4/h5-7,10-12,18,28H,8-9,13-14H2,1-4H3,(H,27,30). The van der Waals surface area contributed by atoms with Crippen LogP contribution in [0.25, 0.3) is 11.1 Å². The molecule has 0 aromatic heterocycles. The maximum absolute atomic E-state index is 14.6. The van der Waals surface area contributed by atoms with Gasteiger partial charge in [-0.25, -0.2) is 17.6 Å². The summed E-state index contributed by atoms with van der Waals surface area (Å²) >= 11 is 6.00. The Morgan fingerprint density at radius 3 is 2.61 bits per heavy atom. The number of hydrazine groups is 1. The van der Waals surface area contributed by atoms with Gasteiger partial charge in [-0.2, -0.15) is 0 Å². The molecule has 1 heterocycles. The largest absolute Gasteiger partial charge is 0.444 e. The number of rotatable bonds is 6. The number of sulfonamides is 1. The van der Waals surface area contributed by atoms with E-state index in [0.29, 0.717) is 5.56 Å². The average Bonchev–Trinajstić information content (AvgIpc) is 2.78. The first-order valence-corrected chi connectivity index (χ1v) is 13.2. The molecule has 2 aromatic rings. The van der Waals surface area contributed by atoms with Crippen LogP contribution in [0, 0.1) is 12.7 Å². The van der Waals surface area contributed by atoms with Crippen molar-refractivity contribution in [2.45, 2.75) is 39.4 Å². The summed E-state index contributed by atoms with van der Waals surface area (Å²) in [5.41, 5.74) is 3.07. The van der Waals surface area contributed by atoms with E-state index < -0.39 is 50.9 Å². The van der Waals surface area contributed by atoms with E-state index >= 15 is 0 Å². The molecule has 0 aliphatic carbocycles. The van der Waals surface area contributed by atoms with Crippen molar-refractivity contribution in [3.8, 4) is 11.1 Å². The van der Waals surface area contributed by atoms with Gasteiger partial charge in [0, 0.05) is 6.54 Å². The number of aryl methyl sites for hydroxylation is 1. The maximum Gasteiger partial charge on any atom is 0.410 e. The predicted octanol–water partition coefficient (Wildman–Crippen LogP) is 3.65. The molecule has 9 nitrogen and oxygen atoms in total. The quantitative estimate of drug-likeness (QED) is 0.540. The lowest BCUT2D eigenvalue weighted by molar-refractivity contribution is -0.0343. The molecule has 0 radical (unpaired) electrons. The Morgan fingerprint density at radius 1 is 1.22 bits per heavy atom. The molecule has 2 amide bonds. The van der Waals surface area contributed by atoms with Crippen LogP contribution in [0.3, 0.4) is 0 Å². The van der Waals surface area contributed by atoms with Gasteiger partial charge in [-0.05, 0) is 51.0 Å². The summed E-state index contributed by atoms with van der Waals surface area (Å²) in [6, 6.07) is 10.0. The molecule has 1 aliphatic rings. The third-order valence-electron chi connectivity index (χ3n) is 5.14. The molecule has 12 heteroatoms. The fourth-order valence-electron chi connectivity index (χ4n) is 3.54. The van der Waals surface area contributed by atoms with E-state index in [2.05, 4.69) is 0 Å². The van der Waals surface area contributed by atoms with E-state index in [1.807, 2.05) is 35.4 Å². The molecule has 2 aromatic carbocycles. The Balaban J connectivity index is 1.65. The fraction of sp³-hybridized carbons (Fsp3) is 0.417.